The molecule has 2 heterocycles. The number of rotatable bonds is 7. The van der Waals surface area contributed by atoms with Gasteiger partial charge in [-0.3, -0.25) is 0 Å². The zero-order valence-corrected chi connectivity index (χ0v) is 16.5. The highest BCUT2D eigenvalue weighted by molar-refractivity contribution is 7.14. The monoisotopic (exact) mass is 399 g/mol. The van der Waals surface area contributed by atoms with Gasteiger partial charge in [-0.1, -0.05) is 24.6 Å². The van der Waals surface area contributed by atoms with Gasteiger partial charge in [0.25, 0.3) is 0 Å². The summed E-state index contributed by atoms with van der Waals surface area (Å²) < 4.78 is 5.33. The van der Waals surface area contributed by atoms with Gasteiger partial charge < -0.3 is 24.7 Å². The van der Waals surface area contributed by atoms with E-state index in [4.69, 9.17) is 29.4 Å². The van der Waals surface area contributed by atoms with Crippen LogP contribution in [0.1, 0.15) is 36.1 Å². The molecule has 0 saturated heterocycles. The van der Waals surface area contributed by atoms with Crippen LogP contribution < -0.4 is 4.74 Å². The molecule has 0 amide bonds. The summed E-state index contributed by atoms with van der Waals surface area (Å²) in [6, 6.07) is 0. The van der Waals surface area contributed by atoms with E-state index in [0.29, 0.717) is 12.5 Å². The van der Waals surface area contributed by atoms with Crippen LogP contribution in [0.3, 0.4) is 0 Å². The molecule has 2 N–H and O–H groups in total. The lowest BCUT2D eigenvalue weighted by Crippen LogP contribution is -2.24. The van der Waals surface area contributed by atoms with Crippen LogP contribution in [0.2, 0.25) is 0 Å². The van der Waals surface area contributed by atoms with Crippen LogP contribution in [0.5, 0.6) is 5.88 Å². The SMILES string of the molecule is CCCCO/N=C/c1sc(C2=CCCN(C)C2)nc1OC.O=C(O)C(=O)O. The predicted molar refractivity (Wildman–Crippen MR) is 102 cm³/mol. The third-order valence-electron chi connectivity index (χ3n) is 3.45. The number of carboxylic acid groups (broad SMARTS) is 2. The molecule has 150 valence electrons. The lowest BCUT2D eigenvalue weighted by molar-refractivity contribution is -0.159. The first kappa shape index (κ1) is 22.6. The maximum Gasteiger partial charge on any atom is 0.414 e. The maximum atomic E-state index is 9.10. The number of aliphatic carboxylic acids is 2. The molecule has 1 aromatic rings. The number of thiazole rings is 1. The van der Waals surface area contributed by atoms with Gasteiger partial charge in [-0.15, -0.1) is 11.3 Å². The van der Waals surface area contributed by atoms with E-state index in [9.17, 15) is 0 Å². The minimum atomic E-state index is -1.82. The fourth-order valence-corrected chi connectivity index (χ4v) is 3.01. The van der Waals surface area contributed by atoms with E-state index in [2.05, 4.69) is 35.1 Å². The quantitative estimate of drug-likeness (QED) is 0.310. The van der Waals surface area contributed by atoms with Gasteiger partial charge in [-0.05, 0) is 25.5 Å². The van der Waals surface area contributed by atoms with Gasteiger partial charge in [0.1, 0.15) is 16.5 Å². The molecule has 0 spiro atoms. The van der Waals surface area contributed by atoms with Crippen molar-refractivity contribution in [1.82, 2.24) is 9.88 Å². The van der Waals surface area contributed by atoms with E-state index in [1.54, 1.807) is 24.7 Å². The number of carboxylic acids is 2. The molecule has 0 aromatic carbocycles. The molecule has 10 heteroatoms. The third kappa shape index (κ3) is 8.18. The van der Waals surface area contributed by atoms with Crippen LogP contribution >= 0.6 is 11.3 Å². The Bertz CT molecular complexity index is 674. The summed E-state index contributed by atoms with van der Waals surface area (Å²) in [5, 5.41) is 19.8. The second-order valence-electron chi connectivity index (χ2n) is 5.68. The molecular weight excluding hydrogens is 374 g/mol. The zero-order chi connectivity index (χ0) is 20.2. The standard InChI is InChI=1S/C15H23N3O2S.C2H2O4/c1-4-5-9-20-16-10-13-14(19-3)17-15(21-13)12-7-6-8-18(2)11-12;3-1(4)2(5)6/h7,10H,4-6,8-9,11H2,1-3H3;(H,3,4)(H,5,6)/b16-10+;. The molecule has 0 unspecified atom stereocenters. The van der Waals surface area contributed by atoms with Crippen molar-refractivity contribution in [1.29, 1.82) is 0 Å². The molecule has 1 aliphatic heterocycles. The van der Waals surface area contributed by atoms with Crippen LogP contribution in [-0.4, -0.2) is 72.1 Å². The van der Waals surface area contributed by atoms with Crippen LogP contribution in [0.15, 0.2) is 11.2 Å². The Morgan fingerprint density at radius 2 is 2.11 bits per heavy atom. The Balaban J connectivity index is 0.000000527. The fraction of sp³-hybridized carbons (Fsp3) is 0.529. The third-order valence-corrected chi connectivity index (χ3v) is 4.49. The van der Waals surface area contributed by atoms with Gasteiger partial charge in [-0.25, -0.2) is 14.6 Å². The average Bonchev–Trinajstić information content (AvgIpc) is 3.05. The molecule has 0 saturated carbocycles. The van der Waals surface area contributed by atoms with Crippen molar-refractivity contribution in [2.75, 3.05) is 33.9 Å². The fourth-order valence-electron chi connectivity index (χ4n) is 2.08. The number of aromatic nitrogens is 1. The number of hydrogen-bond acceptors (Lipinski definition) is 8. The van der Waals surface area contributed by atoms with Gasteiger partial charge in [0.05, 0.1) is 13.3 Å². The summed E-state index contributed by atoms with van der Waals surface area (Å²) in [4.78, 5) is 31.2. The summed E-state index contributed by atoms with van der Waals surface area (Å²) in [6.45, 7) is 4.81. The van der Waals surface area contributed by atoms with E-state index in [1.807, 2.05) is 0 Å². The molecule has 0 bridgehead atoms. The molecule has 1 aliphatic rings. The predicted octanol–water partition coefficient (Wildman–Crippen LogP) is 2.18. The number of methoxy groups -OCH3 is 1. The van der Waals surface area contributed by atoms with Crippen molar-refractivity contribution in [3.63, 3.8) is 0 Å². The van der Waals surface area contributed by atoms with Crippen molar-refractivity contribution in [3.8, 4) is 5.88 Å². The Kier molecular flexibility index (Phi) is 10.1. The van der Waals surface area contributed by atoms with Gasteiger partial charge in [0.15, 0.2) is 0 Å². The van der Waals surface area contributed by atoms with E-state index < -0.39 is 11.9 Å². The summed E-state index contributed by atoms with van der Waals surface area (Å²) in [7, 11) is 3.76. The summed E-state index contributed by atoms with van der Waals surface area (Å²) in [6.07, 6.45) is 7.14. The summed E-state index contributed by atoms with van der Waals surface area (Å²) in [5.41, 5.74) is 1.26. The molecule has 2 rings (SSSR count). The number of ether oxygens (including phenoxy) is 1. The first-order valence-corrected chi connectivity index (χ1v) is 9.25. The normalized spacial score (nSPS) is 14.3. The van der Waals surface area contributed by atoms with Crippen molar-refractivity contribution in [2.24, 2.45) is 5.16 Å². The second-order valence-corrected chi connectivity index (χ2v) is 6.71. The maximum absolute atomic E-state index is 9.10. The number of oxime groups is 1. The van der Waals surface area contributed by atoms with Crippen molar-refractivity contribution in [3.05, 3.63) is 16.0 Å². The van der Waals surface area contributed by atoms with E-state index >= 15 is 0 Å². The lowest BCUT2D eigenvalue weighted by Gasteiger charge is -2.21. The average molecular weight is 399 g/mol. The van der Waals surface area contributed by atoms with Crippen molar-refractivity contribution >= 4 is 35.1 Å². The molecule has 0 aliphatic carbocycles. The van der Waals surface area contributed by atoms with Crippen molar-refractivity contribution < 1.29 is 29.4 Å². The summed E-state index contributed by atoms with van der Waals surface area (Å²) in [5.74, 6) is -3.03. The van der Waals surface area contributed by atoms with E-state index in [-0.39, 0.29) is 0 Å². The van der Waals surface area contributed by atoms with Gasteiger partial charge in [-0.2, -0.15) is 0 Å². The van der Waals surface area contributed by atoms with Crippen LogP contribution in [0.25, 0.3) is 5.57 Å². The smallest absolute Gasteiger partial charge is 0.414 e. The Hall–Kier alpha value is -2.46. The first-order valence-electron chi connectivity index (χ1n) is 8.43. The van der Waals surface area contributed by atoms with E-state index in [1.165, 1.54) is 5.57 Å². The molecular formula is C17H25N3O6S. The van der Waals surface area contributed by atoms with Crippen LogP contribution in [0, 0.1) is 0 Å². The molecule has 27 heavy (non-hydrogen) atoms. The molecule has 1 aromatic heterocycles. The molecule has 0 radical (unpaired) electrons. The number of likely N-dealkylation sites (N-methyl/N-ethyl adjacent to an activating group) is 1. The van der Waals surface area contributed by atoms with Gasteiger partial charge in [0.2, 0.25) is 5.88 Å². The van der Waals surface area contributed by atoms with Crippen LogP contribution in [0.4, 0.5) is 0 Å². The minimum absolute atomic E-state index is 0.618. The largest absolute Gasteiger partial charge is 0.480 e. The molecule has 9 nitrogen and oxygen atoms in total. The zero-order valence-electron chi connectivity index (χ0n) is 15.7. The summed E-state index contributed by atoms with van der Waals surface area (Å²) >= 11 is 1.60. The highest BCUT2D eigenvalue weighted by Gasteiger charge is 2.17. The number of hydrogen-bond donors (Lipinski definition) is 2. The van der Waals surface area contributed by atoms with E-state index in [0.717, 1.165) is 42.2 Å². The number of unbranched alkanes of at least 4 members (excludes halogenated alkanes) is 1. The number of nitrogens with zero attached hydrogens (tertiary/aromatic N) is 3. The Labute approximate surface area is 161 Å². The van der Waals surface area contributed by atoms with Gasteiger partial charge >= 0.3 is 11.9 Å². The Morgan fingerprint density at radius 3 is 2.67 bits per heavy atom. The van der Waals surface area contributed by atoms with Crippen molar-refractivity contribution in [2.45, 2.75) is 26.2 Å². The molecule has 0 fully saturated rings. The second kappa shape index (κ2) is 12.0. The molecule has 0 atom stereocenters. The lowest BCUT2D eigenvalue weighted by atomic mass is 10.1. The highest BCUT2D eigenvalue weighted by Crippen LogP contribution is 2.30. The minimum Gasteiger partial charge on any atom is -0.480 e. The number of carbonyl (C=O) groups is 2. The Morgan fingerprint density at radius 1 is 1.41 bits per heavy atom. The van der Waals surface area contributed by atoms with Crippen LogP contribution in [-0.2, 0) is 14.4 Å². The highest BCUT2D eigenvalue weighted by atomic mass is 32.1. The first-order chi connectivity index (χ1) is 12.9. The topological polar surface area (TPSA) is 122 Å². The van der Waals surface area contributed by atoms with Gasteiger partial charge in [0, 0.05) is 13.1 Å².